The molecular formula is C18H17ClFN3O4S. The van der Waals surface area contributed by atoms with Crippen molar-refractivity contribution in [2.75, 3.05) is 17.3 Å². The molecule has 0 aromatic heterocycles. The average molecular weight is 426 g/mol. The van der Waals surface area contributed by atoms with Gasteiger partial charge < -0.3 is 10.6 Å². The molecule has 2 aromatic carbocycles. The second-order valence-electron chi connectivity index (χ2n) is 5.73. The van der Waals surface area contributed by atoms with Crippen molar-refractivity contribution in [3.05, 3.63) is 69.0 Å². The molecule has 10 heteroatoms. The van der Waals surface area contributed by atoms with Crippen molar-refractivity contribution in [3.8, 4) is 0 Å². The van der Waals surface area contributed by atoms with Crippen molar-refractivity contribution in [1.82, 2.24) is 5.32 Å². The number of carbonyl (C=O) groups excluding carboxylic acids is 2. The van der Waals surface area contributed by atoms with Gasteiger partial charge in [0.15, 0.2) is 0 Å². The number of benzene rings is 2. The number of anilines is 1. The van der Waals surface area contributed by atoms with Gasteiger partial charge in [0.1, 0.15) is 16.9 Å². The number of hydrogen-bond donors (Lipinski definition) is 2. The fourth-order valence-corrected chi connectivity index (χ4v) is 2.96. The van der Waals surface area contributed by atoms with Gasteiger partial charge in [-0.05, 0) is 54.8 Å². The zero-order chi connectivity index (χ0) is 20.7. The van der Waals surface area contributed by atoms with Crippen LogP contribution in [0.25, 0.3) is 0 Å². The number of nitrogens with zero attached hydrogens (tertiary/aromatic N) is 1. The van der Waals surface area contributed by atoms with Gasteiger partial charge in [0, 0.05) is 17.3 Å². The zero-order valence-corrected chi connectivity index (χ0v) is 16.3. The molecule has 148 valence electrons. The van der Waals surface area contributed by atoms with E-state index in [1.54, 1.807) is 0 Å². The molecule has 0 aliphatic rings. The summed E-state index contributed by atoms with van der Waals surface area (Å²) in [4.78, 5) is 35.3. The summed E-state index contributed by atoms with van der Waals surface area (Å²) in [6, 6.07) is 8.00. The van der Waals surface area contributed by atoms with Crippen LogP contribution in [-0.4, -0.2) is 34.8 Å². The summed E-state index contributed by atoms with van der Waals surface area (Å²) in [5.74, 6) is -0.949. The molecule has 2 rings (SSSR count). The van der Waals surface area contributed by atoms with Crippen LogP contribution in [0.5, 0.6) is 0 Å². The van der Waals surface area contributed by atoms with E-state index in [1.807, 2.05) is 6.26 Å². The van der Waals surface area contributed by atoms with Gasteiger partial charge in [0.2, 0.25) is 5.91 Å². The first-order chi connectivity index (χ1) is 13.3. The van der Waals surface area contributed by atoms with Crippen LogP contribution >= 0.6 is 23.4 Å². The summed E-state index contributed by atoms with van der Waals surface area (Å²) in [5.41, 5.74) is 0.00232. The number of amides is 2. The third-order valence-corrected chi connectivity index (χ3v) is 4.71. The van der Waals surface area contributed by atoms with Crippen LogP contribution in [0.1, 0.15) is 16.8 Å². The molecule has 0 bridgehead atoms. The smallest absolute Gasteiger partial charge is 0.288 e. The van der Waals surface area contributed by atoms with Crippen LogP contribution in [0, 0.1) is 15.9 Å². The van der Waals surface area contributed by atoms with Gasteiger partial charge >= 0.3 is 0 Å². The molecule has 2 aromatic rings. The fraction of sp³-hybridized carbons (Fsp3) is 0.222. The first-order valence-corrected chi connectivity index (χ1v) is 9.89. The van der Waals surface area contributed by atoms with Crippen LogP contribution in [0.3, 0.4) is 0 Å². The summed E-state index contributed by atoms with van der Waals surface area (Å²) in [6.45, 7) is 0. The number of nitro benzene ring substituents is 1. The van der Waals surface area contributed by atoms with Crippen LogP contribution in [0.2, 0.25) is 5.02 Å². The molecule has 2 amide bonds. The molecule has 2 N–H and O–H groups in total. The molecule has 0 unspecified atom stereocenters. The highest BCUT2D eigenvalue weighted by Crippen LogP contribution is 2.25. The van der Waals surface area contributed by atoms with Gasteiger partial charge in [0.25, 0.3) is 11.6 Å². The standard InChI is InChI=1S/C18H17ClFN3O4S/c1-28-9-8-15(18(25)21-13-5-3-12(20)4-6-13)22-17(24)11-2-7-14(19)16(10-11)23(26)27/h2-7,10,15H,8-9H2,1H3,(H,21,25)(H,22,24)/t15-/m0/s1. The summed E-state index contributed by atoms with van der Waals surface area (Å²) < 4.78 is 13.0. The average Bonchev–Trinajstić information content (AvgIpc) is 2.66. The van der Waals surface area contributed by atoms with Crippen LogP contribution < -0.4 is 10.6 Å². The first kappa shape index (κ1) is 21.6. The van der Waals surface area contributed by atoms with E-state index >= 15 is 0 Å². The molecule has 7 nitrogen and oxygen atoms in total. The van der Waals surface area contributed by atoms with E-state index in [0.717, 1.165) is 6.07 Å². The van der Waals surface area contributed by atoms with Crippen molar-refractivity contribution in [1.29, 1.82) is 0 Å². The Bertz CT molecular complexity index is 880. The molecule has 0 radical (unpaired) electrons. The lowest BCUT2D eigenvalue weighted by Gasteiger charge is -2.18. The molecule has 28 heavy (non-hydrogen) atoms. The molecule has 0 aliphatic carbocycles. The first-order valence-electron chi connectivity index (χ1n) is 8.12. The molecule has 0 spiro atoms. The van der Waals surface area contributed by atoms with Crippen molar-refractivity contribution in [2.45, 2.75) is 12.5 Å². The van der Waals surface area contributed by atoms with E-state index in [1.165, 1.54) is 48.2 Å². The Hall–Kier alpha value is -2.65. The number of nitrogens with one attached hydrogen (secondary N) is 2. The minimum absolute atomic E-state index is 0.0137. The second-order valence-corrected chi connectivity index (χ2v) is 7.12. The topological polar surface area (TPSA) is 101 Å². The molecule has 0 saturated heterocycles. The number of hydrogen-bond acceptors (Lipinski definition) is 5. The van der Waals surface area contributed by atoms with Crippen molar-refractivity contribution >= 4 is 46.6 Å². The Labute approximate surface area is 169 Å². The lowest BCUT2D eigenvalue weighted by Crippen LogP contribution is -2.44. The zero-order valence-electron chi connectivity index (χ0n) is 14.8. The van der Waals surface area contributed by atoms with E-state index in [2.05, 4.69) is 10.6 Å². The molecule has 1 atom stereocenters. The minimum atomic E-state index is -0.875. The monoisotopic (exact) mass is 425 g/mol. The lowest BCUT2D eigenvalue weighted by atomic mass is 10.1. The maximum absolute atomic E-state index is 13.0. The van der Waals surface area contributed by atoms with E-state index in [0.29, 0.717) is 17.9 Å². The van der Waals surface area contributed by atoms with Gasteiger partial charge in [0.05, 0.1) is 4.92 Å². The summed E-state index contributed by atoms with van der Waals surface area (Å²) in [7, 11) is 0. The van der Waals surface area contributed by atoms with Crippen molar-refractivity contribution < 1.29 is 18.9 Å². The van der Waals surface area contributed by atoms with Gasteiger partial charge in [-0.2, -0.15) is 11.8 Å². The summed E-state index contributed by atoms with van der Waals surface area (Å²) >= 11 is 7.25. The molecule has 0 saturated carbocycles. The highest BCUT2D eigenvalue weighted by Gasteiger charge is 2.23. The maximum Gasteiger partial charge on any atom is 0.288 e. The Kier molecular flexibility index (Phi) is 7.77. The summed E-state index contributed by atoms with van der Waals surface area (Å²) in [6.07, 6.45) is 2.20. The fourth-order valence-electron chi connectivity index (χ4n) is 2.30. The predicted octanol–water partition coefficient (Wildman–Crippen LogP) is 3.88. The Balaban J connectivity index is 2.15. The summed E-state index contributed by atoms with van der Waals surface area (Å²) in [5, 5.41) is 16.1. The lowest BCUT2D eigenvalue weighted by molar-refractivity contribution is -0.384. The Morgan fingerprint density at radius 2 is 1.93 bits per heavy atom. The maximum atomic E-state index is 13.0. The normalized spacial score (nSPS) is 11.5. The minimum Gasteiger partial charge on any atom is -0.340 e. The SMILES string of the molecule is CSCC[C@H](NC(=O)c1ccc(Cl)c([N+](=O)[O-])c1)C(=O)Nc1ccc(F)cc1. The van der Waals surface area contributed by atoms with Crippen LogP contribution in [-0.2, 0) is 4.79 Å². The largest absolute Gasteiger partial charge is 0.340 e. The highest BCUT2D eigenvalue weighted by atomic mass is 35.5. The number of carbonyl (C=O) groups is 2. The second kappa shape index (κ2) is 10.0. The Morgan fingerprint density at radius 1 is 1.25 bits per heavy atom. The van der Waals surface area contributed by atoms with E-state index in [4.69, 9.17) is 11.6 Å². The van der Waals surface area contributed by atoms with Gasteiger partial charge in [-0.1, -0.05) is 11.6 Å². The van der Waals surface area contributed by atoms with Gasteiger partial charge in [-0.25, -0.2) is 4.39 Å². The van der Waals surface area contributed by atoms with E-state index in [-0.39, 0.29) is 10.6 Å². The van der Waals surface area contributed by atoms with Crippen LogP contribution in [0.15, 0.2) is 42.5 Å². The number of halogens is 2. The van der Waals surface area contributed by atoms with Crippen molar-refractivity contribution in [2.24, 2.45) is 0 Å². The third-order valence-electron chi connectivity index (χ3n) is 3.75. The highest BCUT2D eigenvalue weighted by molar-refractivity contribution is 7.98. The molecule has 0 fully saturated rings. The van der Waals surface area contributed by atoms with Crippen molar-refractivity contribution in [3.63, 3.8) is 0 Å². The predicted molar refractivity (Wildman–Crippen MR) is 107 cm³/mol. The molecular weight excluding hydrogens is 409 g/mol. The Morgan fingerprint density at radius 3 is 2.54 bits per heavy atom. The third kappa shape index (κ3) is 5.93. The quantitative estimate of drug-likeness (QED) is 0.493. The molecule has 0 heterocycles. The van der Waals surface area contributed by atoms with E-state index < -0.39 is 34.3 Å². The van der Waals surface area contributed by atoms with E-state index in [9.17, 15) is 24.1 Å². The molecule has 0 aliphatic heterocycles. The van der Waals surface area contributed by atoms with Gasteiger partial charge in [-0.15, -0.1) is 0 Å². The number of rotatable bonds is 8. The number of nitro groups is 1. The van der Waals surface area contributed by atoms with Crippen LogP contribution in [0.4, 0.5) is 15.8 Å². The number of thioether (sulfide) groups is 1. The van der Waals surface area contributed by atoms with Gasteiger partial charge in [-0.3, -0.25) is 19.7 Å².